The van der Waals surface area contributed by atoms with Crippen LogP contribution in [0.2, 0.25) is 0 Å². The first kappa shape index (κ1) is 57.6. The second-order valence-electron chi connectivity index (χ2n) is 16.1. The van der Waals surface area contributed by atoms with Gasteiger partial charge in [-0.25, -0.2) is 4.57 Å². The Labute approximate surface area is 364 Å². The summed E-state index contributed by atoms with van der Waals surface area (Å²) >= 11 is 0. The molecule has 0 aliphatic carbocycles. The lowest BCUT2D eigenvalue weighted by molar-refractivity contribution is -0.161. The number of hydrogen-bond donors (Lipinski definition) is 4. The Balaban J connectivity index is 4.38. The topological polar surface area (TPSA) is 169 Å². The average molecular weight is 869 g/mol. The first-order chi connectivity index (χ1) is 29.0. The lowest BCUT2D eigenvalue weighted by atomic mass is 10.0. The van der Waals surface area contributed by atoms with Crippen LogP contribution in [0.4, 0.5) is 0 Å². The van der Waals surface area contributed by atoms with E-state index in [9.17, 15) is 29.3 Å². The van der Waals surface area contributed by atoms with Crippen molar-refractivity contribution in [2.45, 2.75) is 200 Å². The normalized spacial score (nSPS) is 14.9. The molecule has 0 aliphatic heterocycles. The molecule has 0 amide bonds. The van der Waals surface area contributed by atoms with E-state index < -0.39 is 57.9 Å². The van der Waals surface area contributed by atoms with Crippen molar-refractivity contribution in [3.8, 4) is 0 Å². The van der Waals surface area contributed by atoms with E-state index in [-0.39, 0.29) is 19.4 Å². The summed E-state index contributed by atoms with van der Waals surface area (Å²) in [4.78, 5) is 35.0. The van der Waals surface area contributed by atoms with Gasteiger partial charge in [0.1, 0.15) is 12.7 Å². The number of allylic oxidation sites excluding steroid dienone is 8. The number of carbonyl (C=O) groups is 2. The fraction of sp³-hybridized carbons (Fsp3) is 0.750. The Morgan fingerprint density at radius 3 is 1.75 bits per heavy atom. The molecule has 0 bridgehead atoms. The monoisotopic (exact) mass is 869 g/mol. The molecule has 4 atom stereocenters. The third-order valence-electron chi connectivity index (χ3n) is 9.69. The SMILES string of the molecule is CC/C=C\C/C=C\CC(O)/C=C/C=C\C/C=C\CCCC(=O)O[C@H](COC(=O)CCCCCCCCCCCCCCCCCCC(C)C)COP(=O)(O)OC[C@@H](O)CO. The molecule has 12 heteroatoms. The van der Waals surface area contributed by atoms with Gasteiger partial charge in [-0.3, -0.25) is 18.6 Å². The van der Waals surface area contributed by atoms with Gasteiger partial charge in [-0.05, 0) is 50.9 Å². The summed E-state index contributed by atoms with van der Waals surface area (Å²) in [6, 6.07) is 0. The van der Waals surface area contributed by atoms with Gasteiger partial charge in [-0.2, -0.15) is 0 Å². The molecule has 60 heavy (non-hydrogen) atoms. The fourth-order valence-electron chi connectivity index (χ4n) is 6.12. The Morgan fingerprint density at radius 1 is 0.617 bits per heavy atom. The van der Waals surface area contributed by atoms with Crippen LogP contribution in [-0.2, 0) is 32.7 Å². The van der Waals surface area contributed by atoms with E-state index in [2.05, 4.69) is 37.4 Å². The molecule has 0 fully saturated rings. The van der Waals surface area contributed by atoms with Crippen LogP contribution in [0.25, 0.3) is 0 Å². The van der Waals surface area contributed by atoms with Crippen LogP contribution >= 0.6 is 7.82 Å². The van der Waals surface area contributed by atoms with Gasteiger partial charge in [-0.1, -0.05) is 184 Å². The lowest BCUT2D eigenvalue weighted by Gasteiger charge is -2.20. The zero-order chi connectivity index (χ0) is 44.4. The van der Waals surface area contributed by atoms with Gasteiger partial charge >= 0.3 is 19.8 Å². The van der Waals surface area contributed by atoms with Crippen LogP contribution in [0.5, 0.6) is 0 Å². The van der Waals surface area contributed by atoms with Crippen LogP contribution in [0.1, 0.15) is 181 Å². The van der Waals surface area contributed by atoms with E-state index >= 15 is 0 Å². The van der Waals surface area contributed by atoms with Crippen molar-refractivity contribution in [2.24, 2.45) is 5.92 Å². The van der Waals surface area contributed by atoms with Gasteiger partial charge < -0.3 is 29.7 Å². The summed E-state index contributed by atoms with van der Waals surface area (Å²) in [7, 11) is -4.65. The number of rotatable bonds is 42. The summed E-state index contributed by atoms with van der Waals surface area (Å²) in [6.07, 6.45) is 42.3. The summed E-state index contributed by atoms with van der Waals surface area (Å²) in [6.45, 7) is 4.46. The molecular formula is C48H85O11P. The molecule has 0 radical (unpaired) electrons. The molecular weight excluding hydrogens is 783 g/mol. The minimum Gasteiger partial charge on any atom is -0.462 e. The van der Waals surface area contributed by atoms with Crippen LogP contribution < -0.4 is 0 Å². The molecule has 0 aromatic heterocycles. The van der Waals surface area contributed by atoms with Crippen molar-refractivity contribution in [2.75, 3.05) is 26.4 Å². The van der Waals surface area contributed by atoms with Gasteiger partial charge in [0, 0.05) is 12.8 Å². The minimum absolute atomic E-state index is 0.0729. The number of esters is 2. The average Bonchev–Trinajstić information content (AvgIpc) is 3.22. The number of aliphatic hydroxyl groups is 3. The first-order valence-corrected chi connectivity index (χ1v) is 24.7. The van der Waals surface area contributed by atoms with Crippen molar-refractivity contribution in [1.29, 1.82) is 0 Å². The van der Waals surface area contributed by atoms with Crippen LogP contribution in [0, 0.1) is 5.92 Å². The quantitative estimate of drug-likeness (QED) is 0.0151. The molecule has 4 N–H and O–H groups in total. The van der Waals surface area contributed by atoms with Gasteiger partial charge in [-0.15, -0.1) is 0 Å². The molecule has 0 aliphatic rings. The van der Waals surface area contributed by atoms with E-state index in [0.717, 1.165) is 38.0 Å². The molecule has 0 rings (SSSR count). The van der Waals surface area contributed by atoms with Crippen molar-refractivity contribution in [3.05, 3.63) is 60.8 Å². The summed E-state index contributed by atoms with van der Waals surface area (Å²) in [5.74, 6) is -0.202. The van der Waals surface area contributed by atoms with Gasteiger partial charge in [0.15, 0.2) is 6.10 Å². The predicted octanol–water partition coefficient (Wildman–Crippen LogP) is 11.5. The Kier molecular flexibility index (Phi) is 40.3. The maximum atomic E-state index is 12.6. The molecule has 11 nitrogen and oxygen atoms in total. The predicted molar refractivity (Wildman–Crippen MR) is 243 cm³/mol. The van der Waals surface area contributed by atoms with Crippen molar-refractivity contribution in [1.82, 2.24) is 0 Å². The number of carbonyl (C=O) groups excluding carboxylic acids is 2. The Bertz CT molecular complexity index is 1210. The van der Waals surface area contributed by atoms with Gasteiger partial charge in [0.2, 0.25) is 0 Å². The number of phosphoric ester groups is 1. The molecule has 0 aromatic carbocycles. The maximum Gasteiger partial charge on any atom is 0.472 e. The molecule has 0 saturated carbocycles. The lowest BCUT2D eigenvalue weighted by Crippen LogP contribution is -2.29. The summed E-state index contributed by atoms with van der Waals surface area (Å²) in [5, 5.41) is 28.4. The van der Waals surface area contributed by atoms with E-state index in [1.165, 1.54) is 83.5 Å². The highest BCUT2D eigenvalue weighted by Crippen LogP contribution is 2.43. The molecule has 0 aromatic rings. The Hall–Kier alpha value is -2.37. The molecule has 0 heterocycles. The standard InChI is InChI=1S/C48H85O11P/c1-4-5-6-7-25-30-35-44(50)36-31-26-21-18-19-23-28-33-38-48(53)59-46(42-58-60(54,55)57-40-45(51)39-49)41-56-47(52)37-32-27-22-17-15-13-11-9-8-10-12-14-16-20-24-29-34-43(2)3/h5-6,19,21,23,25-26,30-31,36,43-46,49-51H,4,7-18,20,22,24,27-29,32-35,37-42H2,1-3H3,(H,54,55)/b6-5-,23-19-,26-21-,30-25-,36-31+/t44?,45-,46+/m0/s1. The largest absolute Gasteiger partial charge is 0.472 e. The van der Waals surface area contributed by atoms with Crippen molar-refractivity contribution < 1.29 is 52.9 Å². The van der Waals surface area contributed by atoms with Crippen LogP contribution in [-0.4, -0.2) is 76.9 Å². The smallest absolute Gasteiger partial charge is 0.462 e. The zero-order valence-electron chi connectivity index (χ0n) is 37.7. The Morgan fingerprint density at radius 2 is 1.15 bits per heavy atom. The molecule has 0 saturated heterocycles. The molecule has 0 spiro atoms. The molecule has 348 valence electrons. The first-order valence-electron chi connectivity index (χ1n) is 23.2. The van der Waals surface area contributed by atoms with Gasteiger partial charge in [0.05, 0.1) is 25.9 Å². The number of aliphatic hydroxyl groups excluding tert-OH is 3. The van der Waals surface area contributed by atoms with Gasteiger partial charge in [0.25, 0.3) is 0 Å². The third kappa shape index (κ3) is 42.3. The van der Waals surface area contributed by atoms with E-state index in [1.54, 1.807) is 6.08 Å². The van der Waals surface area contributed by atoms with Crippen molar-refractivity contribution in [3.63, 3.8) is 0 Å². The second kappa shape index (κ2) is 42.0. The van der Waals surface area contributed by atoms with E-state index in [0.29, 0.717) is 32.1 Å². The summed E-state index contributed by atoms with van der Waals surface area (Å²) in [5.41, 5.74) is 0. The maximum absolute atomic E-state index is 12.6. The minimum atomic E-state index is -4.65. The van der Waals surface area contributed by atoms with Crippen LogP contribution in [0.15, 0.2) is 60.8 Å². The third-order valence-corrected chi connectivity index (χ3v) is 10.6. The highest BCUT2D eigenvalue weighted by atomic mass is 31.2. The van der Waals surface area contributed by atoms with Crippen molar-refractivity contribution >= 4 is 19.8 Å². The zero-order valence-corrected chi connectivity index (χ0v) is 38.6. The number of ether oxygens (including phenoxy) is 2. The number of phosphoric acid groups is 1. The second-order valence-corrected chi connectivity index (χ2v) is 17.5. The van der Waals surface area contributed by atoms with Crippen LogP contribution in [0.3, 0.4) is 0 Å². The number of hydrogen-bond acceptors (Lipinski definition) is 10. The van der Waals surface area contributed by atoms with E-state index in [4.69, 9.17) is 19.1 Å². The summed E-state index contributed by atoms with van der Waals surface area (Å²) < 4.78 is 32.7. The number of unbranched alkanes of at least 4 members (excludes halogenated alkanes) is 16. The van der Waals surface area contributed by atoms with E-state index in [1.807, 2.05) is 42.5 Å². The highest BCUT2D eigenvalue weighted by molar-refractivity contribution is 7.47. The highest BCUT2D eigenvalue weighted by Gasteiger charge is 2.27. The molecule has 2 unspecified atom stereocenters. The fourth-order valence-corrected chi connectivity index (χ4v) is 6.91.